The van der Waals surface area contributed by atoms with Crippen molar-refractivity contribution < 1.29 is 0 Å². The average Bonchev–Trinajstić information content (AvgIpc) is 2.33. The van der Waals surface area contributed by atoms with E-state index in [9.17, 15) is 0 Å². The first-order chi connectivity index (χ1) is 8.43. The fourth-order valence-electron chi connectivity index (χ4n) is 1.34. The van der Waals surface area contributed by atoms with Crippen LogP contribution in [0.4, 0.5) is 0 Å². The Kier molecular flexibility index (Phi) is 6.91. The fraction of sp³-hybridized carbons (Fsp3) is 0. The summed E-state index contributed by atoms with van der Waals surface area (Å²) in [6.07, 6.45) is 3.86. The minimum Gasteiger partial charge on any atom is -0.248 e. The first kappa shape index (κ1) is 17.0. The highest BCUT2D eigenvalue weighted by Gasteiger charge is 2.19. The zero-order valence-electron chi connectivity index (χ0n) is 8.32. The molecule has 0 aromatic carbocycles. The largest absolute Gasteiger partial charge is 0.248 e. The Morgan fingerprint density at radius 2 is 0.944 bits per heavy atom. The third kappa shape index (κ3) is 3.53. The van der Waals surface area contributed by atoms with Crippen molar-refractivity contribution in [2.75, 3.05) is 0 Å². The highest BCUT2D eigenvalue weighted by molar-refractivity contribution is 14.1. The van der Waals surface area contributed by atoms with Gasteiger partial charge in [-0.05, 0) is 136 Å². The summed E-state index contributed by atoms with van der Waals surface area (Å²) in [6, 6.07) is 0. The van der Waals surface area contributed by atoms with Gasteiger partial charge in [0, 0.05) is 30.7 Å². The second-order valence-electron chi connectivity index (χ2n) is 3.17. The number of hydrogen-bond donors (Lipinski definition) is 0. The molecule has 94 valence electrons. The molecule has 2 nitrogen and oxygen atoms in total. The fourth-order valence-corrected chi connectivity index (χ4v) is 5.95. The lowest BCUT2D eigenvalue weighted by atomic mass is 10.1. The summed E-state index contributed by atoms with van der Waals surface area (Å²) in [6.45, 7) is 0. The van der Waals surface area contributed by atoms with Gasteiger partial charge in [-0.1, -0.05) is 0 Å². The minimum atomic E-state index is 1.04. The molecule has 0 unspecified atom stereocenters. The third-order valence-electron chi connectivity index (χ3n) is 2.11. The summed E-state index contributed by atoms with van der Waals surface area (Å²) in [5.74, 6) is 0. The molecule has 0 saturated heterocycles. The lowest BCUT2D eigenvalue weighted by molar-refractivity contribution is 1.20. The molecular weight excluding hydrogens is 910 g/mol. The molecular formula is C10H2I6N2. The van der Waals surface area contributed by atoms with Crippen LogP contribution in [-0.4, -0.2) is 9.97 Å². The Labute approximate surface area is 186 Å². The van der Waals surface area contributed by atoms with Gasteiger partial charge >= 0.3 is 0 Å². The molecule has 0 radical (unpaired) electrons. The van der Waals surface area contributed by atoms with Crippen LogP contribution in [0.2, 0.25) is 0 Å². The number of hydrogen-bond acceptors (Lipinski definition) is 2. The van der Waals surface area contributed by atoms with E-state index in [1.54, 1.807) is 0 Å². The average molecular weight is 912 g/mol. The second-order valence-corrected chi connectivity index (χ2v) is 9.70. The van der Waals surface area contributed by atoms with Gasteiger partial charge < -0.3 is 0 Å². The van der Waals surface area contributed by atoms with Crippen molar-refractivity contribution in [3.05, 3.63) is 34.1 Å². The standard InChI is InChI=1S/C10H2I6N2/c11-3-1-17-9(15)7(13)5(3)6-4(12)2-18-10(16)8(6)14/h1-2H. The molecule has 0 bridgehead atoms. The van der Waals surface area contributed by atoms with E-state index in [1.165, 1.54) is 25.4 Å². The molecule has 2 aromatic heterocycles. The zero-order valence-corrected chi connectivity index (χ0v) is 21.3. The molecule has 2 aromatic rings. The molecule has 0 saturated carbocycles. The zero-order chi connectivity index (χ0) is 13.4. The van der Waals surface area contributed by atoms with Gasteiger partial charge in [0.05, 0.1) is 7.14 Å². The van der Waals surface area contributed by atoms with Crippen LogP contribution in [0.15, 0.2) is 12.4 Å². The molecule has 2 rings (SSSR count). The highest BCUT2D eigenvalue weighted by Crippen LogP contribution is 2.38. The molecule has 0 amide bonds. The van der Waals surface area contributed by atoms with E-state index in [4.69, 9.17) is 0 Å². The SMILES string of the molecule is Ic1cnc(I)c(I)c1-c1c(I)cnc(I)c1I. The molecule has 2 heterocycles. The summed E-state index contributed by atoms with van der Waals surface area (Å²) in [5, 5.41) is 0. The van der Waals surface area contributed by atoms with E-state index in [0.29, 0.717) is 0 Å². The maximum absolute atomic E-state index is 4.40. The summed E-state index contributed by atoms with van der Waals surface area (Å²) in [4.78, 5) is 8.79. The highest BCUT2D eigenvalue weighted by atomic mass is 127. The van der Waals surface area contributed by atoms with Gasteiger partial charge in [0.15, 0.2) is 0 Å². The number of aromatic nitrogens is 2. The van der Waals surface area contributed by atoms with Gasteiger partial charge in [-0.25, -0.2) is 9.97 Å². The monoisotopic (exact) mass is 911 g/mol. The van der Waals surface area contributed by atoms with Crippen molar-refractivity contribution in [3.63, 3.8) is 0 Å². The summed E-state index contributed by atoms with van der Waals surface area (Å²) >= 11 is 14.0. The molecule has 0 aliphatic rings. The molecule has 0 fully saturated rings. The van der Waals surface area contributed by atoms with Crippen LogP contribution >= 0.6 is 136 Å². The molecule has 0 spiro atoms. The number of nitrogens with zero attached hydrogens (tertiary/aromatic N) is 2. The Hall–Kier alpha value is 2.68. The molecule has 0 aliphatic heterocycles. The maximum Gasteiger partial charge on any atom is 0.115 e. The van der Waals surface area contributed by atoms with E-state index >= 15 is 0 Å². The van der Waals surface area contributed by atoms with E-state index in [-0.39, 0.29) is 0 Å². The van der Waals surface area contributed by atoms with Crippen LogP contribution in [0.3, 0.4) is 0 Å². The Morgan fingerprint density at radius 3 is 1.28 bits per heavy atom. The van der Waals surface area contributed by atoms with Crippen molar-refractivity contribution in [1.29, 1.82) is 0 Å². The van der Waals surface area contributed by atoms with Crippen molar-refractivity contribution in [2.24, 2.45) is 0 Å². The normalized spacial score (nSPS) is 10.8. The predicted molar refractivity (Wildman–Crippen MR) is 124 cm³/mol. The topological polar surface area (TPSA) is 25.8 Å². The number of halogens is 6. The first-order valence-corrected chi connectivity index (χ1v) is 10.9. The minimum absolute atomic E-state index is 1.04. The van der Waals surface area contributed by atoms with Gasteiger partial charge in [0.1, 0.15) is 7.40 Å². The van der Waals surface area contributed by atoms with Gasteiger partial charge in [-0.3, -0.25) is 0 Å². The van der Waals surface area contributed by atoms with Crippen LogP contribution < -0.4 is 0 Å². The molecule has 0 atom stereocenters. The van der Waals surface area contributed by atoms with Crippen molar-refractivity contribution >= 4 is 136 Å². The van der Waals surface area contributed by atoms with E-state index in [0.717, 1.165) is 7.40 Å². The molecule has 0 aliphatic carbocycles. The van der Waals surface area contributed by atoms with Crippen molar-refractivity contribution in [3.8, 4) is 11.1 Å². The van der Waals surface area contributed by atoms with E-state index in [1.807, 2.05) is 12.4 Å². The second kappa shape index (κ2) is 7.30. The van der Waals surface area contributed by atoms with Crippen LogP contribution in [0, 0.1) is 21.7 Å². The summed E-state index contributed by atoms with van der Waals surface area (Å²) < 4.78 is 6.85. The van der Waals surface area contributed by atoms with Crippen LogP contribution in [0.1, 0.15) is 0 Å². The summed E-state index contributed by atoms with van der Waals surface area (Å²) in [5.41, 5.74) is 2.54. The van der Waals surface area contributed by atoms with Crippen molar-refractivity contribution in [1.82, 2.24) is 9.97 Å². The molecule has 0 N–H and O–H groups in total. The number of rotatable bonds is 1. The van der Waals surface area contributed by atoms with Crippen LogP contribution in [-0.2, 0) is 0 Å². The quantitative estimate of drug-likeness (QED) is 0.269. The molecule has 18 heavy (non-hydrogen) atoms. The maximum atomic E-state index is 4.40. The summed E-state index contributed by atoms with van der Waals surface area (Å²) in [7, 11) is 0. The Morgan fingerprint density at radius 1 is 0.611 bits per heavy atom. The van der Waals surface area contributed by atoms with Gasteiger partial charge in [-0.15, -0.1) is 0 Å². The third-order valence-corrected chi connectivity index (χ3v) is 9.55. The van der Waals surface area contributed by atoms with E-state index in [2.05, 4.69) is 146 Å². The predicted octanol–water partition coefficient (Wildman–Crippen LogP) is 5.77. The Balaban J connectivity index is 2.85. The van der Waals surface area contributed by atoms with Crippen molar-refractivity contribution in [2.45, 2.75) is 0 Å². The molecule has 8 heteroatoms. The van der Waals surface area contributed by atoms with Crippen LogP contribution in [0.25, 0.3) is 11.1 Å². The van der Waals surface area contributed by atoms with Gasteiger partial charge in [-0.2, -0.15) is 0 Å². The van der Waals surface area contributed by atoms with Gasteiger partial charge in [0.25, 0.3) is 0 Å². The Bertz CT molecular complexity index is 573. The smallest absolute Gasteiger partial charge is 0.115 e. The lowest BCUT2D eigenvalue weighted by Gasteiger charge is -2.13. The van der Waals surface area contributed by atoms with Crippen LogP contribution in [0.5, 0.6) is 0 Å². The first-order valence-electron chi connectivity index (χ1n) is 4.42. The van der Waals surface area contributed by atoms with Gasteiger partial charge in [0.2, 0.25) is 0 Å². The number of pyridine rings is 2. The lowest BCUT2D eigenvalue weighted by Crippen LogP contribution is -2.01. The van der Waals surface area contributed by atoms with E-state index < -0.39 is 0 Å².